The minimum Gasteiger partial charge on any atom is -0.178 e. The van der Waals surface area contributed by atoms with Gasteiger partial charge in [0.1, 0.15) is 0 Å². The van der Waals surface area contributed by atoms with Crippen molar-refractivity contribution in [2.24, 2.45) is 0 Å². The molecule has 9 heavy (non-hydrogen) atoms. The molecule has 0 heterocycles. The molecule has 0 spiro atoms. The summed E-state index contributed by atoms with van der Waals surface area (Å²) in [5.41, 5.74) is 0. The average molecular weight is 141 g/mol. The summed E-state index contributed by atoms with van der Waals surface area (Å²) in [5, 5.41) is -0.907. The van der Waals surface area contributed by atoms with Gasteiger partial charge in [-0.3, -0.25) is 0 Å². The van der Waals surface area contributed by atoms with Crippen molar-refractivity contribution in [1.82, 2.24) is 5.12 Å². The molecular weight excluding hydrogens is 138 g/mol. The first-order valence-corrected chi connectivity index (χ1v) is 1.88. The minimum absolute atomic E-state index is 0.286. The lowest BCUT2D eigenvalue weighted by Gasteiger charge is -2.00. The van der Waals surface area contributed by atoms with E-state index in [-0.39, 0.29) is 6.20 Å². The summed E-state index contributed by atoms with van der Waals surface area (Å²) in [6.07, 6.45) is -2.42. The van der Waals surface area contributed by atoms with Crippen molar-refractivity contribution in [2.45, 2.75) is 0 Å². The van der Waals surface area contributed by atoms with Gasteiger partial charge < -0.3 is 0 Å². The van der Waals surface area contributed by atoms with Crippen molar-refractivity contribution >= 4 is 0 Å². The van der Waals surface area contributed by atoms with Crippen molar-refractivity contribution in [3.63, 3.8) is 0 Å². The van der Waals surface area contributed by atoms with Crippen LogP contribution in [0.2, 0.25) is 0 Å². The summed E-state index contributed by atoms with van der Waals surface area (Å²) in [7, 11) is 0. The predicted octanol–water partition coefficient (Wildman–Crippen LogP) is 2.35. The predicted molar refractivity (Wildman–Crippen MR) is 23.5 cm³/mol. The van der Waals surface area contributed by atoms with Crippen molar-refractivity contribution in [1.29, 1.82) is 0 Å². The second-order valence-electron chi connectivity index (χ2n) is 1.04. The third-order valence-corrected chi connectivity index (χ3v) is 0.504. The van der Waals surface area contributed by atoms with E-state index >= 15 is 0 Å². The Morgan fingerprint density at radius 2 is 1.78 bits per heavy atom. The molecule has 0 saturated heterocycles. The molecule has 5 heteroatoms. The molecule has 0 aromatic rings. The maximum atomic E-state index is 11.6. The molecule has 0 aliphatic carbocycles. The van der Waals surface area contributed by atoms with E-state index < -0.39 is 17.2 Å². The number of nitrogens with zero attached hydrogens (tertiary/aromatic N) is 1. The molecule has 52 valence electrons. The van der Waals surface area contributed by atoms with Crippen LogP contribution >= 0.6 is 0 Å². The molecule has 0 rings (SSSR count). The summed E-state index contributed by atoms with van der Waals surface area (Å²) >= 11 is 0. The molecule has 0 saturated carbocycles. The molecule has 0 atom stereocenters. The van der Waals surface area contributed by atoms with Gasteiger partial charge in [-0.1, -0.05) is 11.1 Å². The van der Waals surface area contributed by atoms with Crippen LogP contribution < -0.4 is 0 Å². The van der Waals surface area contributed by atoms with E-state index in [2.05, 4.69) is 6.58 Å². The van der Waals surface area contributed by atoms with E-state index in [1.54, 1.807) is 0 Å². The molecule has 1 nitrogen and oxygen atoms in total. The van der Waals surface area contributed by atoms with Crippen LogP contribution in [0.3, 0.4) is 0 Å². The highest BCUT2D eigenvalue weighted by molar-refractivity contribution is 4.91. The van der Waals surface area contributed by atoms with Crippen LogP contribution in [0, 0.1) is 0 Å². The number of halogens is 4. The first-order chi connectivity index (χ1) is 4.09. The van der Waals surface area contributed by atoms with Crippen LogP contribution in [0.4, 0.5) is 17.7 Å². The van der Waals surface area contributed by atoms with Crippen LogP contribution in [-0.2, 0) is 0 Å². The second-order valence-corrected chi connectivity index (χ2v) is 1.04. The highest BCUT2D eigenvalue weighted by Gasteiger charge is 2.10. The quantitative estimate of drug-likeness (QED) is 0.324. The number of hydrogen-bond donors (Lipinski definition) is 0. The zero-order valence-corrected chi connectivity index (χ0v) is 4.24. The van der Waals surface area contributed by atoms with Crippen molar-refractivity contribution in [2.75, 3.05) is 0 Å². The maximum Gasteiger partial charge on any atom is 0.325 e. The Morgan fingerprint density at radius 1 is 1.33 bits per heavy atom. The topological polar surface area (TPSA) is 3.24 Å². The molecule has 0 aromatic heterocycles. The number of hydrogen-bond acceptors (Lipinski definition) is 1. The normalized spacial score (nSPS) is 8.44. The molecule has 0 N–H and O–H groups in total. The van der Waals surface area contributed by atoms with E-state index in [0.29, 0.717) is 0 Å². The van der Waals surface area contributed by atoms with E-state index in [0.717, 1.165) is 0 Å². The van der Waals surface area contributed by atoms with E-state index in [1.807, 2.05) is 0 Å². The molecule has 0 radical (unpaired) electrons. The zero-order valence-electron chi connectivity index (χ0n) is 4.24. The lowest BCUT2D eigenvalue weighted by atomic mass is 10.8. The Bertz CT molecular complexity index is 138. The van der Waals surface area contributed by atoms with Crippen LogP contribution in [-0.4, -0.2) is 5.12 Å². The zero-order chi connectivity index (χ0) is 7.44. The monoisotopic (exact) mass is 141 g/mol. The van der Waals surface area contributed by atoms with E-state index in [4.69, 9.17) is 0 Å². The van der Waals surface area contributed by atoms with Crippen LogP contribution in [0.1, 0.15) is 0 Å². The summed E-state index contributed by atoms with van der Waals surface area (Å²) in [6, 6.07) is 0. The van der Waals surface area contributed by atoms with E-state index in [1.165, 1.54) is 0 Å². The summed E-state index contributed by atoms with van der Waals surface area (Å²) in [6.45, 7) is 2.71. The number of rotatable bonds is 2. The Balaban J connectivity index is 4.19. The molecule has 0 unspecified atom stereocenters. The summed E-state index contributed by atoms with van der Waals surface area (Å²) in [5.74, 6) is -2.23. The Hall–Kier alpha value is -1.00. The SMILES string of the molecule is C=CN(F)C(F)=C(F)F. The van der Waals surface area contributed by atoms with Crippen molar-refractivity contribution < 1.29 is 17.7 Å². The fourth-order valence-corrected chi connectivity index (χ4v) is 0.161. The van der Waals surface area contributed by atoms with Crippen LogP contribution in [0.5, 0.6) is 0 Å². The smallest absolute Gasteiger partial charge is 0.178 e. The van der Waals surface area contributed by atoms with Gasteiger partial charge in [-0.25, -0.2) is 0 Å². The first kappa shape index (κ1) is 8.00. The minimum atomic E-state index is -2.71. The summed E-state index contributed by atoms with van der Waals surface area (Å²) < 4.78 is 45.2. The molecule has 0 amide bonds. The van der Waals surface area contributed by atoms with Gasteiger partial charge in [0.2, 0.25) is 0 Å². The van der Waals surface area contributed by atoms with Gasteiger partial charge in [0.25, 0.3) is 5.95 Å². The van der Waals surface area contributed by atoms with Crippen LogP contribution in [0.25, 0.3) is 0 Å². The van der Waals surface area contributed by atoms with Gasteiger partial charge in [-0.15, -0.1) is 0 Å². The Labute approximate surface area is 48.8 Å². The largest absolute Gasteiger partial charge is 0.325 e. The van der Waals surface area contributed by atoms with Gasteiger partial charge in [0, 0.05) is 6.20 Å². The fourth-order valence-electron chi connectivity index (χ4n) is 0.161. The van der Waals surface area contributed by atoms with E-state index in [9.17, 15) is 17.7 Å². The maximum absolute atomic E-state index is 11.6. The molecular formula is C4H3F4N. The fraction of sp³-hybridized carbons (Fsp3) is 0. The average Bonchev–Trinajstić information content (AvgIpc) is 1.84. The van der Waals surface area contributed by atoms with Crippen molar-refractivity contribution in [3.05, 3.63) is 24.8 Å². The second kappa shape index (κ2) is 3.11. The lowest BCUT2D eigenvalue weighted by molar-refractivity contribution is 0.0850. The molecule has 0 aliphatic heterocycles. The Morgan fingerprint density at radius 3 is 1.89 bits per heavy atom. The lowest BCUT2D eigenvalue weighted by Crippen LogP contribution is -1.99. The Kier molecular flexibility index (Phi) is 2.77. The first-order valence-electron chi connectivity index (χ1n) is 1.88. The highest BCUT2D eigenvalue weighted by atomic mass is 19.3. The van der Waals surface area contributed by atoms with Gasteiger partial charge in [0.05, 0.1) is 0 Å². The molecule has 0 aromatic carbocycles. The summed E-state index contributed by atoms with van der Waals surface area (Å²) in [4.78, 5) is 0. The van der Waals surface area contributed by atoms with Gasteiger partial charge in [-0.05, 0) is 0 Å². The molecule has 0 bridgehead atoms. The van der Waals surface area contributed by atoms with Gasteiger partial charge in [0.15, 0.2) is 0 Å². The molecule has 0 aliphatic rings. The third-order valence-electron chi connectivity index (χ3n) is 0.504. The van der Waals surface area contributed by atoms with Gasteiger partial charge in [-0.2, -0.15) is 18.3 Å². The third kappa shape index (κ3) is 2.16. The highest BCUT2D eigenvalue weighted by Crippen LogP contribution is 2.14. The van der Waals surface area contributed by atoms with Crippen LogP contribution in [0.15, 0.2) is 24.8 Å². The van der Waals surface area contributed by atoms with Gasteiger partial charge >= 0.3 is 6.08 Å². The molecule has 0 fully saturated rings. The standard InChI is InChI=1S/C4H3F4N/c1-2-9(8)4(7)3(5)6/h2H,1H2. The van der Waals surface area contributed by atoms with Crippen molar-refractivity contribution in [3.8, 4) is 0 Å².